The molecule has 0 aromatic rings. The first kappa shape index (κ1) is 11.0. The fourth-order valence-electron chi connectivity index (χ4n) is 0. The van der Waals surface area contributed by atoms with E-state index in [1.807, 2.05) is 0 Å². The molecule has 0 amide bonds. The van der Waals surface area contributed by atoms with Crippen molar-refractivity contribution in [3.63, 3.8) is 0 Å². The van der Waals surface area contributed by atoms with Crippen LogP contribution in [-0.4, -0.2) is 14.5 Å². The van der Waals surface area contributed by atoms with Crippen molar-refractivity contribution in [3.05, 3.63) is 10.1 Å². The van der Waals surface area contributed by atoms with E-state index < -0.39 is 18.1 Å². The molecule has 0 unspecified atom stereocenters. The predicted molar refractivity (Wildman–Crippen MR) is 13.1 cm³/mol. The molecule has 2 N–H and O–H groups in total. The zero-order valence-corrected chi connectivity index (χ0v) is 4.94. The standard InChI is InChI=1S/Mn.HNO3.H2O.3O/c;2-1(3)4;;;;/h;(H,2,3,4);1H2;;;/q+1;;;;;/p-1. The van der Waals surface area contributed by atoms with Crippen molar-refractivity contribution in [1.82, 2.24) is 0 Å². The van der Waals surface area contributed by atoms with Crippen LogP contribution in [0.5, 0.6) is 0 Å². The molecule has 0 rings (SSSR count). The Labute approximate surface area is 50.0 Å². The second-order valence-electron chi connectivity index (χ2n) is 0.634. The van der Waals surface area contributed by atoms with E-state index in [4.69, 9.17) is 31.0 Å². The first-order valence-electron chi connectivity index (χ1n) is 1.20. The van der Waals surface area contributed by atoms with Gasteiger partial charge in [-0.2, -0.15) is 0 Å². The quantitative estimate of drug-likeness (QED) is 0.271. The summed E-state index contributed by atoms with van der Waals surface area (Å²) in [5, 5.41) is 13.6. The van der Waals surface area contributed by atoms with Crippen molar-refractivity contribution < 1.29 is 39.0 Å². The average molecular weight is 183 g/mol. The van der Waals surface area contributed by atoms with Gasteiger partial charge in [0.2, 0.25) is 0 Å². The zero-order valence-electron chi connectivity index (χ0n) is 3.76. The molecule has 56 valence electrons. The van der Waals surface area contributed by atoms with Gasteiger partial charge in [0.1, 0.15) is 0 Å². The van der Waals surface area contributed by atoms with Crippen LogP contribution in [0, 0.1) is 10.1 Å². The van der Waals surface area contributed by atoms with E-state index in [1.54, 1.807) is 0 Å². The minimum atomic E-state index is -5.38. The van der Waals surface area contributed by atoms with Crippen molar-refractivity contribution in [3.8, 4) is 0 Å². The number of hydrogen-bond donors (Lipinski definition) is 2. The van der Waals surface area contributed by atoms with Crippen LogP contribution in [0.3, 0.4) is 0 Å². The van der Waals surface area contributed by atoms with Crippen LogP contribution < -0.4 is 0 Å². The molecule has 0 radical (unpaired) electrons. The molecular weight excluding hydrogens is 181 g/mol. The Morgan fingerprint density at radius 3 is 1.33 bits per heavy atom. The van der Waals surface area contributed by atoms with Crippen LogP contribution >= 0.6 is 0 Å². The number of nitrogens with zero attached hydrogens (tertiary/aromatic N) is 1. The van der Waals surface area contributed by atoms with Crippen LogP contribution in [0.1, 0.15) is 0 Å². The van der Waals surface area contributed by atoms with Crippen molar-refractivity contribution in [2.24, 2.45) is 0 Å². The van der Waals surface area contributed by atoms with E-state index in [2.05, 4.69) is 0 Å². The van der Waals surface area contributed by atoms with Crippen LogP contribution in [0.4, 0.5) is 0 Å². The maximum atomic E-state index is 8.69. The molecule has 0 aromatic carbocycles. The summed E-state index contributed by atoms with van der Waals surface area (Å²) in [6.45, 7) is 0. The van der Waals surface area contributed by atoms with Crippen LogP contribution in [0.25, 0.3) is 0 Å². The molecule has 0 aromatic heterocycles. The normalized spacial score (nSPS) is 9.00. The summed E-state index contributed by atoms with van der Waals surface area (Å²) >= 11 is -5.38. The molecular formula is H2MnNO7. The van der Waals surface area contributed by atoms with Crippen molar-refractivity contribution in [2.75, 3.05) is 0 Å². The molecule has 0 atom stereocenters. The van der Waals surface area contributed by atoms with Gasteiger partial charge in [-0.1, -0.05) is 0 Å². The third-order valence-electron chi connectivity index (χ3n) is 0. The SMILES string of the molecule is O=[N+]([O-])O.[O]=[Mn](=[O])(=[O])[OH]. The van der Waals surface area contributed by atoms with Crippen molar-refractivity contribution in [2.45, 2.75) is 0 Å². The Morgan fingerprint density at radius 2 is 1.33 bits per heavy atom. The van der Waals surface area contributed by atoms with Gasteiger partial charge >= 0.3 is 28.7 Å². The fraction of sp³-hybridized carbons (Fsp3) is 0. The monoisotopic (exact) mass is 183 g/mol. The summed E-state index contributed by atoms with van der Waals surface area (Å²) < 4.78 is 33.1. The predicted octanol–water partition coefficient (Wildman–Crippen LogP) is -1.26. The molecule has 0 aliphatic rings. The van der Waals surface area contributed by atoms with Gasteiger partial charge in [0.05, 0.1) is 0 Å². The summed E-state index contributed by atoms with van der Waals surface area (Å²) in [6, 6.07) is 0. The molecule has 8 nitrogen and oxygen atoms in total. The van der Waals surface area contributed by atoms with E-state index in [0.717, 1.165) is 0 Å². The zero-order chi connectivity index (χ0) is 8.08. The molecule has 0 aliphatic heterocycles. The molecule has 9 heavy (non-hydrogen) atoms. The summed E-state index contributed by atoms with van der Waals surface area (Å²) in [5.41, 5.74) is 0. The molecule has 0 aliphatic carbocycles. The summed E-state index contributed by atoms with van der Waals surface area (Å²) in [6.07, 6.45) is 0. The van der Waals surface area contributed by atoms with Gasteiger partial charge in [-0.15, -0.1) is 10.1 Å². The van der Waals surface area contributed by atoms with Crippen LogP contribution in [0.15, 0.2) is 0 Å². The van der Waals surface area contributed by atoms with Gasteiger partial charge in [0.15, 0.2) is 0 Å². The first-order valence-corrected chi connectivity index (χ1v) is 3.17. The van der Waals surface area contributed by atoms with Gasteiger partial charge in [-0.05, 0) is 0 Å². The average Bonchev–Trinajstić information content (AvgIpc) is 1.19. The van der Waals surface area contributed by atoms with Gasteiger partial charge in [-0.3, -0.25) is 0 Å². The number of hydrogen-bond acceptors (Lipinski definition) is 5. The first-order chi connectivity index (χ1) is 3.73. The summed E-state index contributed by atoms with van der Waals surface area (Å²) in [4.78, 5) is 8.36. The second-order valence-corrected chi connectivity index (χ2v) is 1.87. The molecule has 9 heteroatoms. The second kappa shape index (κ2) is 4.01. The molecule has 0 bridgehead atoms. The Kier molecular flexibility index (Phi) is 4.88. The Morgan fingerprint density at radius 1 is 1.33 bits per heavy atom. The molecule has 0 fully saturated rings. The molecule has 0 saturated heterocycles. The Hall–Kier alpha value is -0.921. The molecule has 0 heterocycles. The Bertz CT molecular complexity index is 194. The topological polar surface area (TPSA) is 135 Å². The van der Waals surface area contributed by atoms with E-state index in [1.165, 1.54) is 0 Å². The van der Waals surface area contributed by atoms with Gasteiger partial charge in [-0.25, -0.2) is 0 Å². The van der Waals surface area contributed by atoms with Crippen LogP contribution in [-0.2, 0) is 24.5 Å². The third-order valence-corrected chi connectivity index (χ3v) is 0. The summed E-state index contributed by atoms with van der Waals surface area (Å²) in [5.74, 6) is 0. The number of rotatable bonds is 0. The van der Waals surface area contributed by atoms with E-state index in [0.29, 0.717) is 0 Å². The minimum absolute atomic E-state index is 1.50. The third kappa shape index (κ3) is 216. The van der Waals surface area contributed by atoms with E-state index >= 15 is 0 Å². The summed E-state index contributed by atoms with van der Waals surface area (Å²) in [7, 11) is 0. The Balaban J connectivity index is 0. The van der Waals surface area contributed by atoms with Crippen LogP contribution in [0.2, 0.25) is 0 Å². The van der Waals surface area contributed by atoms with Gasteiger partial charge in [0.25, 0.3) is 5.09 Å². The van der Waals surface area contributed by atoms with Gasteiger partial charge < -0.3 is 5.21 Å². The van der Waals surface area contributed by atoms with E-state index in [9.17, 15) is 0 Å². The maximum absolute atomic E-state index is 8.69. The van der Waals surface area contributed by atoms with E-state index in [-0.39, 0.29) is 0 Å². The molecule has 0 saturated carbocycles. The molecule has 0 spiro atoms. The fourth-order valence-corrected chi connectivity index (χ4v) is 0. The van der Waals surface area contributed by atoms with Crippen molar-refractivity contribution >= 4 is 0 Å². The van der Waals surface area contributed by atoms with Crippen molar-refractivity contribution in [1.29, 1.82) is 0 Å². The van der Waals surface area contributed by atoms with Gasteiger partial charge in [0, 0.05) is 0 Å².